The van der Waals surface area contributed by atoms with Gasteiger partial charge in [-0.3, -0.25) is 9.59 Å². The first kappa shape index (κ1) is 20.1. The second-order valence-corrected chi connectivity index (χ2v) is 8.37. The van der Waals surface area contributed by atoms with E-state index in [-0.39, 0.29) is 17.6 Å². The molecule has 0 spiro atoms. The molecule has 8 heteroatoms. The monoisotopic (exact) mass is 434 g/mol. The van der Waals surface area contributed by atoms with Crippen molar-refractivity contribution in [2.24, 2.45) is 0 Å². The third-order valence-electron chi connectivity index (χ3n) is 4.20. The second-order valence-electron chi connectivity index (χ2n) is 6.48. The number of benzene rings is 2. The molecule has 0 saturated heterocycles. The van der Waals surface area contributed by atoms with Gasteiger partial charge in [0.2, 0.25) is 5.91 Å². The number of amides is 1. The molecule has 0 fully saturated rings. The summed E-state index contributed by atoms with van der Waals surface area (Å²) in [5.74, 6) is 0.115. The van der Waals surface area contributed by atoms with Crippen LogP contribution in [0.25, 0.3) is 11.4 Å². The molecule has 30 heavy (non-hydrogen) atoms. The van der Waals surface area contributed by atoms with E-state index in [2.05, 4.69) is 15.4 Å². The lowest BCUT2D eigenvalue weighted by atomic mass is 10.2. The van der Waals surface area contributed by atoms with Gasteiger partial charge in [0.15, 0.2) is 11.0 Å². The maximum atomic E-state index is 12.9. The molecular formula is C22H18N4O2S2. The van der Waals surface area contributed by atoms with Gasteiger partial charge in [0.05, 0.1) is 10.6 Å². The molecule has 6 nitrogen and oxygen atoms in total. The summed E-state index contributed by atoms with van der Waals surface area (Å²) in [5, 5.41) is 9.49. The number of aryl methyl sites for hydroxylation is 1. The Balaban J connectivity index is 1.54. The van der Waals surface area contributed by atoms with Crippen LogP contribution >= 0.6 is 23.1 Å². The molecule has 0 saturated carbocycles. The van der Waals surface area contributed by atoms with Crippen molar-refractivity contribution in [3.8, 4) is 11.4 Å². The van der Waals surface area contributed by atoms with Crippen molar-refractivity contribution in [2.75, 3.05) is 11.1 Å². The first-order chi connectivity index (χ1) is 14.6. The third-order valence-corrected chi connectivity index (χ3v) is 5.99. The Morgan fingerprint density at radius 2 is 1.80 bits per heavy atom. The average Bonchev–Trinajstić information content (AvgIpc) is 3.44. The van der Waals surface area contributed by atoms with Crippen molar-refractivity contribution < 1.29 is 9.59 Å². The number of hydrogen-bond acceptors (Lipinski definition) is 6. The summed E-state index contributed by atoms with van der Waals surface area (Å²) in [5.41, 5.74) is 2.66. The first-order valence-electron chi connectivity index (χ1n) is 9.20. The van der Waals surface area contributed by atoms with Gasteiger partial charge in [-0.25, -0.2) is 4.98 Å². The van der Waals surface area contributed by atoms with Gasteiger partial charge >= 0.3 is 0 Å². The largest absolute Gasteiger partial charge is 0.325 e. The molecule has 2 heterocycles. The Kier molecular flexibility index (Phi) is 6.06. The summed E-state index contributed by atoms with van der Waals surface area (Å²) in [7, 11) is 0. The van der Waals surface area contributed by atoms with Crippen molar-refractivity contribution >= 4 is 40.6 Å². The Labute approximate surface area is 182 Å². The number of nitrogens with one attached hydrogen (secondary N) is 1. The van der Waals surface area contributed by atoms with Gasteiger partial charge in [-0.1, -0.05) is 65.9 Å². The van der Waals surface area contributed by atoms with Gasteiger partial charge in [-0.05, 0) is 30.5 Å². The number of thioether (sulfide) groups is 1. The van der Waals surface area contributed by atoms with Gasteiger partial charge in [-0.15, -0.1) is 16.4 Å². The highest BCUT2D eigenvalue weighted by Gasteiger charge is 2.20. The third kappa shape index (κ3) is 4.67. The predicted octanol–water partition coefficient (Wildman–Crippen LogP) is 4.73. The van der Waals surface area contributed by atoms with E-state index in [4.69, 9.17) is 0 Å². The van der Waals surface area contributed by atoms with E-state index in [0.29, 0.717) is 15.9 Å². The van der Waals surface area contributed by atoms with E-state index < -0.39 is 0 Å². The predicted molar refractivity (Wildman–Crippen MR) is 120 cm³/mol. The Morgan fingerprint density at radius 3 is 2.50 bits per heavy atom. The van der Waals surface area contributed by atoms with Crippen molar-refractivity contribution in [3.05, 3.63) is 82.6 Å². The number of thiophene rings is 1. The van der Waals surface area contributed by atoms with E-state index in [0.717, 1.165) is 16.8 Å². The zero-order valence-electron chi connectivity index (χ0n) is 16.1. The summed E-state index contributed by atoms with van der Waals surface area (Å²) in [6, 6.07) is 20.6. The SMILES string of the molecule is Cc1ccc(NC(=O)CSc2nc(-c3ccccc3)nn2C(=O)c2cccs2)cc1. The van der Waals surface area contributed by atoms with Crippen LogP contribution in [0, 0.1) is 6.92 Å². The number of anilines is 1. The van der Waals surface area contributed by atoms with E-state index >= 15 is 0 Å². The number of rotatable bonds is 6. The molecule has 0 aliphatic heterocycles. The highest BCUT2D eigenvalue weighted by Crippen LogP contribution is 2.24. The molecule has 0 radical (unpaired) electrons. The Morgan fingerprint density at radius 1 is 1.03 bits per heavy atom. The zero-order chi connectivity index (χ0) is 20.9. The summed E-state index contributed by atoms with van der Waals surface area (Å²) in [6.45, 7) is 1.99. The van der Waals surface area contributed by atoms with Crippen LogP contribution in [-0.2, 0) is 4.79 Å². The minimum atomic E-state index is -0.263. The molecule has 2 aromatic carbocycles. The van der Waals surface area contributed by atoms with Crippen molar-refractivity contribution in [3.63, 3.8) is 0 Å². The van der Waals surface area contributed by atoms with Crippen LogP contribution in [-0.4, -0.2) is 32.3 Å². The van der Waals surface area contributed by atoms with E-state index in [1.54, 1.807) is 6.07 Å². The van der Waals surface area contributed by atoms with Crippen LogP contribution in [0.3, 0.4) is 0 Å². The number of carbonyl (C=O) groups is 2. The summed E-state index contributed by atoms with van der Waals surface area (Å²) in [4.78, 5) is 30.4. The molecule has 2 aromatic heterocycles. The lowest BCUT2D eigenvalue weighted by Gasteiger charge is -2.06. The maximum absolute atomic E-state index is 12.9. The molecule has 0 bridgehead atoms. The Hall–Kier alpha value is -3.23. The van der Waals surface area contributed by atoms with Gasteiger partial charge < -0.3 is 5.32 Å². The lowest BCUT2D eigenvalue weighted by Crippen LogP contribution is -2.17. The van der Waals surface area contributed by atoms with Crippen LogP contribution in [0.4, 0.5) is 5.69 Å². The van der Waals surface area contributed by atoms with E-state index in [1.165, 1.54) is 27.8 Å². The molecule has 0 unspecified atom stereocenters. The van der Waals surface area contributed by atoms with Gasteiger partial charge in [0.25, 0.3) is 5.91 Å². The quantitative estimate of drug-likeness (QED) is 0.444. The van der Waals surface area contributed by atoms with Crippen molar-refractivity contribution in [1.82, 2.24) is 14.8 Å². The molecule has 4 aromatic rings. The van der Waals surface area contributed by atoms with Gasteiger partial charge in [0, 0.05) is 11.3 Å². The van der Waals surface area contributed by atoms with Crippen LogP contribution in [0.5, 0.6) is 0 Å². The number of aromatic nitrogens is 3. The second kappa shape index (κ2) is 9.06. The molecule has 4 rings (SSSR count). The average molecular weight is 435 g/mol. The smallest absolute Gasteiger partial charge is 0.290 e. The Bertz CT molecular complexity index is 1150. The topological polar surface area (TPSA) is 76.9 Å². The van der Waals surface area contributed by atoms with Gasteiger partial charge in [-0.2, -0.15) is 4.68 Å². The molecule has 0 atom stereocenters. The van der Waals surface area contributed by atoms with E-state index in [9.17, 15) is 9.59 Å². The summed E-state index contributed by atoms with van der Waals surface area (Å²) in [6.07, 6.45) is 0. The zero-order valence-corrected chi connectivity index (χ0v) is 17.7. The molecular weight excluding hydrogens is 416 g/mol. The number of hydrogen-bond donors (Lipinski definition) is 1. The number of carbonyl (C=O) groups excluding carboxylic acids is 2. The summed E-state index contributed by atoms with van der Waals surface area (Å²) >= 11 is 2.52. The molecule has 1 amide bonds. The highest BCUT2D eigenvalue weighted by atomic mass is 32.2. The van der Waals surface area contributed by atoms with Crippen LogP contribution < -0.4 is 5.32 Å². The maximum Gasteiger partial charge on any atom is 0.290 e. The van der Waals surface area contributed by atoms with Crippen LogP contribution in [0.1, 0.15) is 15.2 Å². The van der Waals surface area contributed by atoms with Gasteiger partial charge in [0.1, 0.15) is 0 Å². The molecule has 0 aliphatic carbocycles. The minimum absolute atomic E-state index is 0.110. The fraction of sp³-hybridized carbons (Fsp3) is 0.0909. The fourth-order valence-electron chi connectivity index (χ4n) is 2.70. The fourth-order valence-corrected chi connectivity index (χ4v) is 4.08. The number of nitrogens with zero attached hydrogens (tertiary/aromatic N) is 3. The van der Waals surface area contributed by atoms with Crippen molar-refractivity contribution in [1.29, 1.82) is 0 Å². The normalized spacial score (nSPS) is 10.7. The van der Waals surface area contributed by atoms with Crippen LogP contribution in [0.2, 0.25) is 0 Å². The van der Waals surface area contributed by atoms with Crippen molar-refractivity contribution in [2.45, 2.75) is 12.1 Å². The van der Waals surface area contributed by atoms with E-state index in [1.807, 2.05) is 73.0 Å². The standard InChI is InChI=1S/C22H18N4O2S2/c1-15-9-11-17(12-10-15)23-19(27)14-30-22-24-20(16-6-3-2-4-7-16)25-26(22)21(28)18-8-5-13-29-18/h2-13H,14H2,1H3,(H,23,27). The first-order valence-corrected chi connectivity index (χ1v) is 11.1. The molecule has 1 N–H and O–H groups in total. The summed E-state index contributed by atoms with van der Waals surface area (Å²) < 4.78 is 1.28. The molecule has 0 aliphatic rings. The highest BCUT2D eigenvalue weighted by molar-refractivity contribution is 7.99. The molecule has 150 valence electrons. The minimum Gasteiger partial charge on any atom is -0.325 e. The lowest BCUT2D eigenvalue weighted by molar-refractivity contribution is -0.113. The van der Waals surface area contributed by atoms with Crippen LogP contribution in [0.15, 0.2) is 77.3 Å².